The second-order valence-electron chi connectivity index (χ2n) is 4.97. The highest BCUT2D eigenvalue weighted by Crippen LogP contribution is 2.19. The molecule has 0 aliphatic carbocycles. The topological polar surface area (TPSA) is 110 Å². The third-order valence-corrected chi connectivity index (χ3v) is 3.37. The minimum atomic E-state index is -1.30. The summed E-state index contributed by atoms with van der Waals surface area (Å²) in [7, 11) is 0. The van der Waals surface area contributed by atoms with Gasteiger partial charge in [-0.25, -0.2) is 9.59 Å². The highest BCUT2D eigenvalue weighted by molar-refractivity contribution is 5.83. The smallest absolute Gasteiger partial charge is 0.328 e. The van der Waals surface area contributed by atoms with E-state index in [1.54, 1.807) is 4.90 Å². The Bertz CT molecular complexity index is 319. The van der Waals surface area contributed by atoms with Crippen molar-refractivity contribution in [2.75, 3.05) is 19.7 Å². The molecule has 1 rings (SSSR count). The summed E-state index contributed by atoms with van der Waals surface area (Å²) >= 11 is 0. The number of amides is 2. The first-order chi connectivity index (χ1) is 8.95. The van der Waals surface area contributed by atoms with Crippen molar-refractivity contribution in [3.8, 4) is 0 Å². The van der Waals surface area contributed by atoms with E-state index < -0.39 is 24.1 Å². The molecule has 1 aliphatic rings. The maximum Gasteiger partial charge on any atom is 0.328 e. The summed E-state index contributed by atoms with van der Waals surface area (Å²) in [5.41, 5.74) is 0. The number of aliphatic hydroxyl groups excluding tert-OH is 2. The normalized spacial score (nSPS) is 22.7. The van der Waals surface area contributed by atoms with Crippen LogP contribution in [0.15, 0.2) is 0 Å². The summed E-state index contributed by atoms with van der Waals surface area (Å²) in [6.07, 6.45) is 1.29. The molecule has 7 nitrogen and oxygen atoms in total. The fourth-order valence-electron chi connectivity index (χ4n) is 2.28. The van der Waals surface area contributed by atoms with Gasteiger partial charge in [0.25, 0.3) is 0 Å². The van der Waals surface area contributed by atoms with Crippen molar-refractivity contribution in [1.82, 2.24) is 10.2 Å². The maximum atomic E-state index is 11.9. The molecule has 0 aromatic rings. The minimum absolute atomic E-state index is 0.0888. The molecule has 0 saturated carbocycles. The number of carboxylic acid groups (broad SMARTS) is 1. The van der Waals surface area contributed by atoms with Gasteiger partial charge in [-0.15, -0.1) is 0 Å². The Morgan fingerprint density at radius 3 is 2.68 bits per heavy atom. The summed E-state index contributed by atoms with van der Waals surface area (Å²) in [5.74, 6) is -1.01. The van der Waals surface area contributed by atoms with Gasteiger partial charge in [-0.1, -0.05) is 0 Å². The van der Waals surface area contributed by atoms with Crippen molar-refractivity contribution >= 4 is 12.0 Å². The Hall–Kier alpha value is -1.34. The predicted molar refractivity (Wildman–Crippen MR) is 67.6 cm³/mol. The number of carbonyl (C=O) groups is 2. The largest absolute Gasteiger partial charge is 0.480 e. The Morgan fingerprint density at radius 2 is 2.16 bits per heavy atom. The van der Waals surface area contributed by atoms with Crippen LogP contribution in [0.25, 0.3) is 0 Å². The highest BCUT2D eigenvalue weighted by Gasteiger charge is 2.29. The van der Waals surface area contributed by atoms with Crippen LogP contribution in [0.4, 0.5) is 4.79 Å². The standard InChI is InChI=1S/C12H22N2O5/c1-8(16)10(11(17)18)13-12(19)14-5-2-3-9(7-14)4-6-15/h8-10,15-16H,2-7H2,1H3,(H,13,19)(H,17,18)/t8-,9?,10+/m1/s1. The molecule has 1 fully saturated rings. The number of hydrogen-bond acceptors (Lipinski definition) is 4. The molecular formula is C12H22N2O5. The zero-order chi connectivity index (χ0) is 14.4. The van der Waals surface area contributed by atoms with Crippen LogP contribution in [0.3, 0.4) is 0 Å². The molecule has 3 atom stereocenters. The number of rotatable bonds is 5. The van der Waals surface area contributed by atoms with E-state index in [0.717, 1.165) is 12.8 Å². The molecule has 1 unspecified atom stereocenters. The Labute approximate surface area is 112 Å². The molecule has 0 bridgehead atoms. The average Bonchev–Trinajstić information content (AvgIpc) is 2.35. The first kappa shape index (κ1) is 15.7. The molecule has 0 spiro atoms. The Morgan fingerprint density at radius 1 is 1.47 bits per heavy atom. The van der Waals surface area contributed by atoms with Gasteiger partial charge in [-0.3, -0.25) is 0 Å². The fourth-order valence-corrected chi connectivity index (χ4v) is 2.28. The SMILES string of the molecule is C[C@@H](O)[C@H](NC(=O)N1CCCC(CCO)C1)C(=O)O. The number of aliphatic carboxylic acids is 1. The maximum absolute atomic E-state index is 11.9. The highest BCUT2D eigenvalue weighted by atomic mass is 16.4. The van der Waals surface area contributed by atoms with Gasteiger partial charge in [0, 0.05) is 19.7 Å². The third kappa shape index (κ3) is 4.68. The van der Waals surface area contributed by atoms with Crippen LogP contribution in [0.1, 0.15) is 26.2 Å². The zero-order valence-corrected chi connectivity index (χ0v) is 11.1. The van der Waals surface area contributed by atoms with E-state index in [2.05, 4.69) is 5.32 Å². The number of carbonyl (C=O) groups excluding carboxylic acids is 1. The quantitative estimate of drug-likeness (QED) is 0.546. The number of nitrogens with one attached hydrogen (secondary N) is 1. The van der Waals surface area contributed by atoms with Crippen molar-refractivity contribution < 1.29 is 24.9 Å². The van der Waals surface area contributed by atoms with Crippen LogP contribution in [-0.2, 0) is 4.79 Å². The van der Waals surface area contributed by atoms with Crippen LogP contribution in [-0.4, -0.2) is 64.1 Å². The van der Waals surface area contributed by atoms with E-state index in [1.165, 1.54) is 6.92 Å². The van der Waals surface area contributed by atoms with Crippen molar-refractivity contribution in [3.63, 3.8) is 0 Å². The first-order valence-corrected chi connectivity index (χ1v) is 6.53. The molecule has 1 heterocycles. The van der Waals surface area contributed by atoms with Crippen LogP contribution < -0.4 is 5.32 Å². The number of likely N-dealkylation sites (tertiary alicyclic amines) is 1. The summed E-state index contributed by atoms with van der Waals surface area (Å²) in [5, 5.41) is 29.4. The molecule has 4 N–H and O–H groups in total. The minimum Gasteiger partial charge on any atom is -0.480 e. The van der Waals surface area contributed by atoms with Gasteiger partial charge in [-0.2, -0.15) is 0 Å². The second-order valence-corrected chi connectivity index (χ2v) is 4.97. The van der Waals surface area contributed by atoms with Crippen molar-refractivity contribution in [1.29, 1.82) is 0 Å². The number of piperidine rings is 1. The number of hydrogen-bond donors (Lipinski definition) is 4. The summed E-state index contributed by atoms with van der Waals surface area (Å²) in [6, 6.07) is -1.78. The van der Waals surface area contributed by atoms with Crippen LogP contribution in [0, 0.1) is 5.92 Å². The van der Waals surface area contributed by atoms with E-state index in [1.807, 2.05) is 0 Å². The Kier molecular flexibility index (Phi) is 6.04. The van der Waals surface area contributed by atoms with Crippen molar-refractivity contribution in [3.05, 3.63) is 0 Å². The number of nitrogens with zero attached hydrogens (tertiary/aromatic N) is 1. The van der Waals surface area contributed by atoms with E-state index in [0.29, 0.717) is 19.5 Å². The molecule has 0 aromatic heterocycles. The van der Waals surface area contributed by atoms with Gasteiger partial charge in [-0.05, 0) is 32.1 Å². The van der Waals surface area contributed by atoms with E-state index in [4.69, 9.17) is 10.2 Å². The molecule has 110 valence electrons. The predicted octanol–water partition coefficient (Wildman–Crippen LogP) is -0.376. The van der Waals surface area contributed by atoms with Gasteiger partial charge in [0.2, 0.25) is 0 Å². The lowest BCUT2D eigenvalue weighted by molar-refractivity contribution is -0.141. The molecular weight excluding hydrogens is 252 g/mol. The van der Waals surface area contributed by atoms with Crippen LogP contribution in [0.2, 0.25) is 0 Å². The lowest BCUT2D eigenvalue weighted by atomic mass is 9.95. The molecule has 0 aromatic carbocycles. The lowest BCUT2D eigenvalue weighted by Gasteiger charge is -2.33. The van der Waals surface area contributed by atoms with Crippen molar-refractivity contribution in [2.24, 2.45) is 5.92 Å². The molecule has 1 saturated heterocycles. The summed E-state index contributed by atoms with van der Waals surface area (Å²) < 4.78 is 0. The van der Waals surface area contributed by atoms with Gasteiger partial charge in [0.15, 0.2) is 6.04 Å². The molecule has 2 amide bonds. The third-order valence-electron chi connectivity index (χ3n) is 3.37. The van der Waals surface area contributed by atoms with E-state index in [9.17, 15) is 14.7 Å². The first-order valence-electron chi connectivity index (χ1n) is 6.53. The van der Waals surface area contributed by atoms with Gasteiger partial charge in [0.05, 0.1) is 6.10 Å². The molecule has 19 heavy (non-hydrogen) atoms. The van der Waals surface area contributed by atoms with Crippen molar-refractivity contribution in [2.45, 2.75) is 38.3 Å². The van der Waals surface area contributed by atoms with Crippen LogP contribution in [0.5, 0.6) is 0 Å². The fraction of sp³-hybridized carbons (Fsp3) is 0.833. The average molecular weight is 274 g/mol. The monoisotopic (exact) mass is 274 g/mol. The molecule has 0 radical (unpaired) electrons. The molecule has 1 aliphatic heterocycles. The van der Waals surface area contributed by atoms with E-state index >= 15 is 0 Å². The summed E-state index contributed by atoms with van der Waals surface area (Å²) in [6.45, 7) is 2.49. The zero-order valence-electron chi connectivity index (χ0n) is 11.1. The Balaban J connectivity index is 2.54. The molecule has 7 heteroatoms. The van der Waals surface area contributed by atoms with Gasteiger partial charge >= 0.3 is 12.0 Å². The van der Waals surface area contributed by atoms with Crippen LogP contribution >= 0.6 is 0 Å². The number of aliphatic hydroxyl groups is 2. The second kappa shape index (κ2) is 7.30. The van der Waals surface area contributed by atoms with Gasteiger partial charge in [0.1, 0.15) is 0 Å². The number of carboxylic acids is 1. The number of urea groups is 1. The van der Waals surface area contributed by atoms with Gasteiger partial charge < -0.3 is 25.5 Å². The summed E-state index contributed by atoms with van der Waals surface area (Å²) in [4.78, 5) is 24.4. The van der Waals surface area contributed by atoms with E-state index in [-0.39, 0.29) is 12.5 Å². The lowest BCUT2D eigenvalue weighted by Crippen LogP contribution is -2.54.